The van der Waals surface area contributed by atoms with Crippen LogP contribution in [0.3, 0.4) is 0 Å². The Morgan fingerprint density at radius 1 is 0.842 bits per heavy atom. The fraction of sp³-hybridized carbons (Fsp3) is 0.0909. The van der Waals surface area contributed by atoms with Gasteiger partial charge in [-0.15, -0.1) is 23.8 Å². The number of fused-ring (bicyclic) bond motifs is 6. The largest absolute Gasteiger partial charge is 0.512 e. The van der Waals surface area contributed by atoms with Crippen molar-refractivity contribution in [2.24, 2.45) is 7.05 Å². The van der Waals surface area contributed by atoms with Crippen LogP contribution in [0.25, 0.3) is 66.2 Å². The van der Waals surface area contributed by atoms with Gasteiger partial charge in [0.25, 0.3) is 0 Å². The first kappa shape index (κ1) is 25.6. The fourth-order valence-electron chi connectivity index (χ4n) is 5.35. The molecule has 4 aromatic carbocycles. The van der Waals surface area contributed by atoms with Gasteiger partial charge in [-0.25, -0.2) is 0 Å². The summed E-state index contributed by atoms with van der Waals surface area (Å²) in [4.78, 5) is 15.1. The number of benzene rings is 4. The van der Waals surface area contributed by atoms with Crippen molar-refractivity contribution >= 4 is 38.5 Å². The van der Waals surface area contributed by atoms with Crippen LogP contribution in [0, 0.1) is 6.07 Å². The van der Waals surface area contributed by atoms with Gasteiger partial charge in [-0.3, -0.25) is 9.78 Å². The molecular formula is C33H25IrN2O2-. The predicted octanol–water partition coefficient (Wildman–Crippen LogP) is 8.03. The van der Waals surface area contributed by atoms with Crippen molar-refractivity contribution in [1.82, 2.24) is 9.55 Å². The number of aryl methyl sites for hydroxylation is 1. The number of allylic oxidation sites excluding steroid dienone is 2. The molecule has 0 saturated heterocycles. The Morgan fingerprint density at radius 3 is 2.24 bits per heavy atom. The smallest absolute Gasteiger partial charge is 0.155 e. The molecule has 0 bridgehead atoms. The summed E-state index contributed by atoms with van der Waals surface area (Å²) >= 11 is 0. The predicted molar refractivity (Wildman–Crippen MR) is 151 cm³/mol. The number of carbonyl (C=O) groups excluding carboxylic acids is 1. The molecule has 0 aliphatic heterocycles. The van der Waals surface area contributed by atoms with Crippen molar-refractivity contribution in [3.05, 3.63) is 103 Å². The molecule has 1 radical (unpaired) electrons. The van der Waals surface area contributed by atoms with Crippen molar-refractivity contribution in [2.75, 3.05) is 0 Å². The quantitative estimate of drug-likeness (QED) is 0.115. The van der Waals surface area contributed by atoms with Gasteiger partial charge in [-0.2, -0.15) is 0 Å². The van der Waals surface area contributed by atoms with Crippen LogP contribution in [-0.4, -0.2) is 20.4 Å². The SMILES string of the molecule is CC(=O)C=C(C)O.Cn1c2ccccc2c2c[c-]c(-c3cc4c5c(cccc5n3)-c3ccccc3-4)cc21.[Ir]. The Kier molecular flexibility index (Phi) is 6.75. The number of rotatable bonds is 2. The molecule has 2 aromatic heterocycles. The molecule has 6 aromatic rings. The summed E-state index contributed by atoms with van der Waals surface area (Å²) < 4.78 is 2.26. The topological polar surface area (TPSA) is 55.1 Å². The van der Waals surface area contributed by atoms with Crippen molar-refractivity contribution in [2.45, 2.75) is 13.8 Å². The van der Waals surface area contributed by atoms with Crippen LogP contribution >= 0.6 is 0 Å². The molecule has 5 heteroatoms. The van der Waals surface area contributed by atoms with E-state index in [1.807, 2.05) is 0 Å². The average Bonchev–Trinajstić information content (AvgIpc) is 3.37. The van der Waals surface area contributed by atoms with E-state index in [4.69, 9.17) is 10.1 Å². The van der Waals surface area contributed by atoms with Gasteiger partial charge in [0.2, 0.25) is 0 Å². The molecule has 1 aliphatic rings. The third-order valence-corrected chi connectivity index (χ3v) is 6.88. The van der Waals surface area contributed by atoms with E-state index in [0.717, 1.165) is 16.8 Å². The van der Waals surface area contributed by atoms with Gasteiger partial charge in [0, 0.05) is 44.1 Å². The van der Waals surface area contributed by atoms with Crippen molar-refractivity contribution in [3.63, 3.8) is 0 Å². The number of aliphatic hydroxyl groups is 1. The maximum Gasteiger partial charge on any atom is 0.155 e. The minimum absolute atomic E-state index is 0. The number of para-hydroxylation sites is 1. The number of aromatic nitrogens is 2. The second-order valence-electron chi connectivity index (χ2n) is 9.42. The first-order chi connectivity index (χ1) is 17.9. The second-order valence-corrected chi connectivity index (χ2v) is 9.42. The number of pyridine rings is 1. The van der Waals surface area contributed by atoms with Gasteiger partial charge in [0.05, 0.1) is 11.3 Å². The van der Waals surface area contributed by atoms with E-state index in [1.54, 1.807) is 0 Å². The van der Waals surface area contributed by atoms with Gasteiger partial charge in [-0.05, 0) is 64.8 Å². The third-order valence-electron chi connectivity index (χ3n) is 6.88. The van der Waals surface area contributed by atoms with E-state index in [0.29, 0.717) is 0 Å². The van der Waals surface area contributed by atoms with Crippen molar-refractivity contribution in [3.8, 4) is 33.5 Å². The minimum Gasteiger partial charge on any atom is -0.512 e. The fourth-order valence-corrected chi connectivity index (χ4v) is 5.35. The standard InChI is InChI=1S/C28H17N2.C5H8O2.Ir/c1-30-26-12-5-4-9-20(26)21-14-13-17(15-27(21)30)25-16-23-19-8-3-2-7-18(19)22-10-6-11-24(29-25)28(22)23;1-4(6)3-5(2)7;/h2-12,14-16H,1H3;3,6H,1-2H3;/q-1;;. The van der Waals surface area contributed by atoms with E-state index in [2.05, 4.69) is 103 Å². The van der Waals surface area contributed by atoms with E-state index >= 15 is 0 Å². The summed E-state index contributed by atoms with van der Waals surface area (Å²) in [5.41, 5.74) is 10.6. The summed E-state index contributed by atoms with van der Waals surface area (Å²) in [6.45, 7) is 2.85. The Labute approximate surface area is 234 Å². The molecule has 0 amide bonds. The number of nitrogens with zero attached hydrogens (tertiary/aromatic N) is 2. The van der Waals surface area contributed by atoms with Gasteiger partial charge >= 0.3 is 0 Å². The first-order valence-electron chi connectivity index (χ1n) is 12.2. The summed E-state index contributed by atoms with van der Waals surface area (Å²) in [7, 11) is 2.13. The molecule has 0 spiro atoms. The molecule has 7 rings (SSSR count). The van der Waals surface area contributed by atoms with Crippen LogP contribution < -0.4 is 0 Å². The van der Waals surface area contributed by atoms with E-state index in [-0.39, 0.29) is 31.6 Å². The van der Waals surface area contributed by atoms with Gasteiger partial charge in [0.1, 0.15) is 0 Å². The van der Waals surface area contributed by atoms with Crippen molar-refractivity contribution in [1.29, 1.82) is 0 Å². The minimum atomic E-state index is -0.125. The van der Waals surface area contributed by atoms with Crippen LogP contribution in [0.15, 0.2) is 96.8 Å². The molecule has 189 valence electrons. The van der Waals surface area contributed by atoms with Crippen LogP contribution in [0.5, 0.6) is 0 Å². The number of carbonyl (C=O) groups is 1. The molecule has 0 unspecified atom stereocenters. The van der Waals surface area contributed by atoms with Crippen molar-refractivity contribution < 1.29 is 30.0 Å². The first-order valence-corrected chi connectivity index (χ1v) is 12.2. The Morgan fingerprint density at radius 2 is 1.53 bits per heavy atom. The molecule has 1 N–H and O–H groups in total. The molecule has 0 fully saturated rings. The zero-order chi connectivity index (χ0) is 25.7. The molecule has 0 atom stereocenters. The zero-order valence-electron chi connectivity index (χ0n) is 21.2. The summed E-state index contributed by atoms with van der Waals surface area (Å²) in [5, 5.41) is 12.1. The van der Waals surface area contributed by atoms with Gasteiger partial charge in [-0.1, -0.05) is 66.0 Å². The van der Waals surface area contributed by atoms with Crippen LogP contribution in [-0.2, 0) is 31.9 Å². The van der Waals surface area contributed by atoms with E-state index in [9.17, 15) is 4.79 Å². The molecule has 1 aliphatic carbocycles. The number of ketones is 1. The van der Waals surface area contributed by atoms with E-state index < -0.39 is 0 Å². The zero-order valence-corrected chi connectivity index (χ0v) is 23.6. The van der Waals surface area contributed by atoms with Crippen LogP contribution in [0.2, 0.25) is 0 Å². The maximum atomic E-state index is 10.0. The van der Waals surface area contributed by atoms with Crippen LogP contribution in [0.4, 0.5) is 0 Å². The Bertz CT molecular complexity index is 1900. The van der Waals surface area contributed by atoms with E-state index in [1.165, 1.54) is 69.4 Å². The number of hydrogen-bond donors (Lipinski definition) is 1. The molecule has 38 heavy (non-hydrogen) atoms. The second kappa shape index (κ2) is 10.0. The van der Waals surface area contributed by atoms with Gasteiger partial charge in [0.15, 0.2) is 5.78 Å². The summed E-state index contributed by atoms with van der Waals surface area (Å²) in [5.74, 6) is -0.0625. The monoisotopic (exact) mass is 674 g/mol. The summed E-state index contributed by atoms with van der Waals surface area (Å²) in [6, 6.07) is 33.7. The molecule has 2 heterocycles. The molecule has 4 nitrogen and oxygen atoms in total. The normalized spacial score (nSPS) is 11.7. The Balaban J connectivity index is 0.000000329. The van der Waals surface area contributed by atoms with Crippen LogP contribution in [0.1, 0.15) is 13.8 Å². The molecular weight excluding hydrogens is 649 g/mol. The number of hydrogen-bond acceptors (Lipinski definition) is 3. The summed E-state index contributed by atoms with van der Waals surface area (Å²) in [6.07, 6.45) is 1.17. The van der Waals surface area contributed by atoms with Gasteiger partial charge < -0.3 is 9.67 Å². The number of aliphatic hydroxyl groups excluding tert-OH is 1. The third kappa shape index (κ3) is 4.24. The average molecular weight is 674 g/mol. The Hall–Kier alpha value is -4.05. The maximum absolute atomic E-state index is 10.0. The molecule has 0 saturated carbocycles.